The summed E-state index contributed by atoms with van der Waals surface area (Å²) in [5, 5.41) is 9.84. The van der Waals surface area contributed by atoms with Crippen LogP contribution in [0, 0.1) is 11.3 Å². The van der Waals surface area contributed by atoms with Crippen LogP contribution in [-0.2, 0) is 4.74 Å². The Kier molecular flexibility index (Phi) is 5.24. The van der Waals surface area contributed by atoms with E-state index in [2.05, 4.69) is 55.2 Å². The minimum absolute atomic E-state index is 0.189. The Balaban J connectivity index is 1.89. The Morgan fingerprint density at radius 3 is 2.34 bits per heavy atom. The van der Waals surface area contributed by atoms with Crippen LogP contribution < -0.4 is 5.73 Å². The van der Waals surface area contributed by atoms with Crippen molar-refractivity contribution in [2.24, 2.45) is 5.73 Å². The van der Waals surface area contributed by atoms with Crippen LogP contribution in [0.3, 0.4) is 0 Å². The van der Waals surface area contributed by atoms with Gasteiger partial charge in [0.1, 0.15) is 17.4 Å². The molecule has 2 aromatic carbocycles. The third kappa shape index (κ3) is 3.70. The van der Waals surface area contributed by atoms with E-state index in [4.69, 9.17) is 10.5 Å². The van der Waals surface area contributed by atoms with E-state index in [0.29, 0.717) is 11.6 Å². The number of rotatable bonds is 3. The van der Waals surface area contributed by atoms with Gasteiger partial charge in [-0.15, -0.1) is 0 Å². The minimum Gasteiger partial charge on any atom is -0.440 e. The molecule has 2 N–H and O–H groups in total. The van der Waals surface area contributed by atoms with E-state index in [1.165, 1.54) is 0 Å². The predicted octanol–water partition coefficient (Wildman–Crippen LogP) is 4.56. The molecule has 2 aliphatic rings. The van der Waals surface area contributed by atoms with Crippen molar-refractivity contribution in [2.45, 2.75) is 25.8 Å². The molecule has 4 rings (SSSR count). The van der Waals surface area contributed by atoms with Gasteiger partial charge in [0.05, 0.1) is 5.92 Å². The van der Waals surface area contributed by atoms with E-state index in [9.17, 15) is 5.26 Å². The summed E-state index contributed by atoms with van der Waals surface area (Å²) in [5.74, 6) is 0.832. The van der Waals surface area contributed by atoms with Crippen molar-refractivity contribution in [1.29, 1.82) is 5.26 Å². The van der Waals surface area contributed by atoms with E-state index in [-0.39, 0.29) is 11.8 Å². The van der Waals surface area contributed by atoms with Crippen LogP contribution in [-0.4, -0.2) is 24.0 Å². The number of nitriles is 1. The van der Waals surface area contributed by atoms with Crippen LogP contribution in [0.4, 0.5) is 0 Å². The molecule has 29 heavy (non-hydrogen) atoms. The van der Waals surface area contributed by atoms with Crippen molar-refractivity contribution in [3.05, 3.63) is 100 Å². The Bertz CT molecular complexity index is 1030. The van der Waals surface area contributed by atoms with Gasteiger partial charge in [-0.2, -0.15) is 5.26 Å². The topological polar surface area (TPSA) is 62.3 Å². The van der Waals surface area contributed by atoms with Crippen LogP contribution in [0.1, 0.15) is 30.9 Å². The van der Waals surface area contributed by atoms with Crippen LogP contribution in [0.15, 0.2) is 89.0 Å². The standard InChI is InChI=1S/C25H25N3O/c1-17(2)28-15-20(13-18-9-5-3-6-10-18)24-22(16-28)23(19-11-7-4-8-12-19)21(14-26)25(27)29-24/h3-13,17,23H,15-16,27H2,1-2H3/b20-13+/t23-/m1/s1. The molecule has 0 aromatic heterocycles. The zero-order valence-corrected chi connectivity index (χ0v) is 16.8. The number of allylic oxidation sites excluding steroid dienone is 1. The van der Waals surface area contributed by atoms with E-state index in [0.717, 1.165) is 41.1 Å². The molecule has 0 saturated heterocycles. The number of ether oxygens (including phenoxy) is 1. The maximum absolute atomic E-state index is 9.84. The van der Waals surface area contributed by atoms with Crippen LogP contribution in [0.25, 0.3) is 6.08 Å². The van der Waals surface area contributed by atoms with Gasteiger partial charge in [0, 0.05) is 24.7 Å². The molecule has 2 heterocycles. The van der Waals surface area contributed by atoms with Gasteiger partial charge in [-0.05, 0) is 36.6 Å². The summed E-state index contributed by atoms with van der Waals surface area (Å²) >= 11 is 0. The molecule has 0 unspecified atom stereocenters. The van der Waals surface area contributed by atoms with Crippen LogP contribution in [0.2, 0.25) is 0 Å². The quantitative estimate of drug-likeness (QED) is 0.844. The average molecular weight is 383 g/mol. The molecule has 4 heteroatoms. The fourth-order valence-corrected chi connectivity index (χ4v) is 4.04. The number of hydrogen-bond acceptors (Lipinski definition) is 4. The predicted molar refractivity (Wildman–Crippen MR) is 115 cm³/mol. The lowest BCUT2D eigenvalue weighted by Gasteiger charge is -2.39. The van der Waals surface area contributed by atoms with Gasteiger partial charge in [0.15, 0.2) is 0 Å². The number of nitrogens with zero attached hydrogens (tertiary/aromatic N) is 2. The molecule has 0 aliphatic carbocycles. The molecule has 0 radical (unpaired) electrons. The summed E-state index contributed by atoms with van der Waals surface area (Å²) < 4.78 is 6.08. The molecule has 0 saturated carbocycles. The summed E-state index contributed by atoms with van der Waals surface area (Å²) in [6.07, 6.45) is 2.16. The van der Waals surface area contributed by atoms with E-state index in [1.807, 2.05) is 36.4 Å². The summed E-state index contributed by atoms with van der Waals surface area (Å²) in [7, 11) is 0. The molecule has 0 bridgehead atoms. The van der Waals surface area contributed by atoms with Crippen molar-refractivity contribution >= 4 is 6.08 Å². The summed E-state index contributed by atoms with van der Waals surface area (Å²) in [6.45, 7) is 5.92. The molecule has 1 atom stereocenters. The van der Waals surface area contributed by atoms with Crippen molar-refractivity contribution in [1.82, 2.24) is 4.90 Å². The molecule has 146 valence electrons. The lowest BCUT2D eigenvalue weighted by Crippen LogP contribution is -2.41. The third-order valence-electron chi connectivity index (χ3n) is 5.57. The van der Waals surface area contributed by atoms with Gasteiger partial charge in [0.2, 0.25) is 5.88 Å². The van der Waals surface area contributed by atoms with Gasteiger partial charge in [-0.3, -0.25) is 4.90 Å². The molecule has 0 spiro atoms. The summed E-state index contributed by atoms with van der Waals surface area (Å²) in [5.41, 5.74) is 11.1. The van der Waals surface area contributed by atoms with Crippen molar-refractivity contribution in [2.75, 3.05) is 13.1 Å². The second-order valence-electron chi connectivity index (χ2n) is 7.77. The Labute approximate surface area is 172 Å². The van der Waals surface area contributed by atoms with Gasteiger partial charge in [-0.25, -0.2) is 0 Å². The number of hydrogen-bond donors (Lipinski definition) is 1. The zero-order chi connectivity index (χ0) is 20.4. The highest BCUT2D eigenvalue weighted by molar-refractivity contribution is 5.63. The fourth-order valence-electron chi connectivity index (χ4n) is 4.04. The second-order valence-corrected chi connectivity index (χ2v) is 7.77. The van der Waals surface area contributed by atoms with Gasteiger partial charge >= 0.3 is 0 Å². The Hall–Kier alpha value is -3.29. The minimum atomic E-state index is -0.189. The molecule has 2 aromatic rings. The normalized spacial score (nSPS) is 21.2. The average Bonchev–Trinajstić information content (AvgIpc) is 2.74. The zero-order valence-electron chi connectivity index (χ0n) is 16.8. The van der Waals surface area contributed by atoms with Gasteiger partial charge in [-0.1, -0.05) is 60.7 Å². The van der Waals surface area contributed by atoms with E-state index < -0.39 is 0 Å². The lowest BCUT2D eigenvalue weighted by atomic mass is 9.80. The second kappa shape index (κ2) is 7.98. The van der Waals surface area contributed by atoms with Crippen LogP contribution >= 0.6 is 0 Å². The number of benzene rings is 2. The van der Waals surface area contributed by atoms with Gasteiger partial charge in [0.25, 0.3) is 0 Å². The first kappa shape index (κ1) is 19.0. The van der Waals surface area contributed by atoms with Crippen molar-refractivity contribution < 1.29 is 4.74 Å². The fraction of sp³-hybridized carbons (Fsp3) is 0.240. The Morgan fingerprint density at radius 1 is 1.07 bits per heavy atom. The van der Waals surface area contributed by atoms with Crippen molar-refractivity contribution in [3.8, 4) is 6.07 Å². The maximum Gasteiger partial charge on any atom is 0.205 e. The summed E-state index contributed by atoms with van der Waals surface area (Å²) in [6, 6.07) is 23.0. The lowest BCUT2D eigenvalue weighted by molar-refractivity contribution is 0.208. The first-order valence-corrected chi connectivity index (χ1v) is 9.94. The molecule has 0 amide bonds. The highest BCUT2D eigenvalue weighted by Gasteiger charge is 2.38. The SMILES string of the molecule is CC(C)N1CC2=C(OC(N)=C(C#N)[C@H]2c2ccccc2)/C(=C/c2ccccc2)C1. The molecular weight excluding hydrogens is 358 g/mol. The first-order chi connectivity index (χ1) is 14.1. The largest absolute Gasteiger partial charge is 0.440 e. The monoisotopic (exact) mass is 383 g/mol. The van der Waals surface area contributed by atoms with Crippen molar-refractivity contribution in [3.63, 3.8) is 0 Å². The van der Waals surface area contributed by atoms with Crippen LogP contribution in [0.5, 0.6) is 0 Å². The molecular formula is C25H25N3O. The Morgan fingerprint density at radius 2 is 1.72 bits per heavy atom. The highest BCUT2D eigenvalue weighted by Crippen LogP contribution is 2.44. The molecule has 0 fully saturated rings. The maximum atomic E-state index is 9.84. The first-order valence-electron chi connectivity index (χ1n) is 9.94. The van der Waals surface area contributed by atoms with E-state index in [1.54, 1.807) is 0 Å². The smallest absolute Gasteiger partial charge is 0.205 e. The number of nitrogens with two attached hydrogens (primary N) is 1. The third-order valence-corrected chi connectivity index (χ3v) is 5.57. The van der Waals surface area contributed by atoms with E-state index >= 15 is 0 Å². The van der Waals surface area contributed by atoms with Gasteiger partial charge < -0.3 is 10.5 Å². The highest BCUT2D eigenvalue weighted by atomic mass is 16.5. The summed E-state index contributed by atoms with van der Waals surface area (Å²) in [4.78, 5) is 2.41. The molecule has 4 nitrogen and oxygen atoms in total. The molecule has 2 aliphatic heterocycles.